The van der Waals surface area contributed by atoms with E-state index in [1.165, 1.54) is 55.2 Å². The lowest BCUT2D eigenvalue weighted by Crippen LogP contribution is -2.34. The molecule has 2 N–H and O–H groups in total. The number of aliphatic hydroxyl groups is 1. The predicted molar refractivity (Wildman–Crippen MR) is 80.4 cm³/mol. The van der Waals surface area contributed by atoms with Crippen molar-refractivity contribution in [2.24, 2.45) is 0 Å². The molecule has 0 spiro atoms. The second kappa shape index (κ2) is 7.06. The minimum atomic E-state index is 0.0849. The molecule has 0 heterocycles. The first-order valence-corrected chi connectivity index (χ1v) is 7.64. The third-order valence-electron chi connectivity index (χ3n) is 4.12. The summed E-state index contributed by atoms with van der Waals surface area (Å²) >= 11 is 0. The van der Waals surface area contributed by atoms with Crippen LogP contribution in [-0.2, 0) is 0 Å². The molecule has 0 amide bonds. The first kappa shape index (κ1) is 14.5. The van der Waals surface area contributed by atoms with Gasteiger partial charge in [-0.05, 0) is 32.3 Å². The third kappa shape index (κ3) is 4.32. The fraction of sp³-hybridized carbons (Fsp3) is 0.647. The van der Waals surface area contributed by atoms with Crippen molar-refractivity contribution < 1.29 is 5.11 Å². The topological polar surface area (TPSA) is 32.3 Å². The molecule has 0 bridgehead atoms. The lowest BCUT2D eigenvalue weighted by molar-refractivity contribution is 0.228. The first-order valence-electron chi connectivity index (χ1n) is 7.64. The van der Waals surface area contributed by atoms with E-state index >= 15 is 0 Å². The van der Waals surface area contributed by atoms with Crippen LogP contribution in [-0.4, -0.2) is 17.8 Å². The van der Waals surface area contributed by atoms with Gasteiger partial charge in [-0.1, -0.05) is 55.0 Å². The van der Waals surface area contributed by atoms with Gasteiger partial charge in [0.2, 0.25) is 0 Å². The summed E-state index contributed by atoms with van der Waals surface area (Å²) in [6.45, 7) is 4.42. The van der Waals surface area contributed by atoms with Crippen molar-refractivity contribution in [3.63, 3.8) is 0 Å². The molecule has 0 saturated heterocycles. The number of rotatable bonds is 4. The molecule has 1 unspecified atom stereocenters. The molecule has 2 heteroatoms. The van der Waals surface area contributed by atoms with E-state index < -0.39 is 0 Å². The van der Waals surface area contributed by atoms with Crippen molar-refractivity contribution in [3.8, 4) is 0 Å². The zero-order chi connectivity index (χ0) is 13.7. The second-order valence-electron chi connectivity index (χ2n) is 6.01. The van der Waals surface area contributed by atoms with Gasteiger partial charge in [0.15, 0.2) is 0 Å². The third-order valence-corrected chi connectivity index (χ3v) is 4.12. The maximum absolute atomic E-state index is 9.70. The summed E-state index contributed by atoms with van der Waals surface area (Å²) < 4.78 is 0. The molecule has 1 atom stereocenters. The smallest absolute Gasteiger partial charge is 0.0626 e. The van der Waals surface area contributed by atoms with Crippen molar-refractivity contribution in [1.29, 1.82) is 0 Å². The van der Waals surface area contributed by atoms with Gasteiger partial charge in [0.1, 0.15) is 0 Å². The number of hydrogen-bond donors (Lipinski definition) is 2. The zero-order valence-corrected chi connectivity index (χ0v) is 12.3. The Bertz CT molecular complexity index is 374. The van der Waals surface area contributed by atoms with Gasteiger partial charge < -0.3 is 10.4 Å². The largest absolute Gasteiger partial charge is 0.394 e. The van der Waals surface area contributed by atoms with Crippen LogP contribution in [0.4, 0.5) is 0 Å². The van der Waals surface area contributed by atoms with E-state index in [-0.39, 0.29) is 12.6 Å². The lowest BCUT2D eigenvalue weighted by Gasteiger charge is -2.24. The van der Waals surface area contributed by atoms with Crippen molar-refractivity contribution in [1.82, 2.24) is 5.32 Å². The van der Waals surface area contributed by atoms with Crippen LogP contribution in [0, 0.1) is 13.8 Å². The highest BCUT2D eigenvalue weighted by Gasteiger charge is 2.18. The fourth-order valence-electron chi connectivity index (χ4n) is 3.20. The average molecular weight is 261 g/mol. The summed E-state index contributed by atoms with van der Waals surface area (Å²) in [4.78, 5) is 0. The predicted octanol–water partition coefficient (Wildman–Crippen LogP) is 3.65. The highest BCUT2D eigenvalue weighted by molar-refractivity contribution is 5.30. The number of aryl methyl sites for hydroxylation is 2. The van der Waals surface area contributed by atoms with Crippen LogP contribution in [0.25, 0.3) is 0 Å². The van der Waals surface area contributed by atoms with Crippen molar-refractivity contribution in [2.45, 2.75) is 64.5 Å². The molecule has 0 aliphatic heterocycles. The Morgan fingerprint density at radius 2 is 1.63 bits per heavy atom. The van der Waals surface area contributed by atoms with Gasteiger partial charge in [0, 0.05) is 6.04 Å². The molecule has 1 aromatic carbocycles. The van der Waals surface area contributed by atoms with Crippen LogP contribution >= 0.6 is 0 Å². The standard InChI is InChI=1S/C17H27NO/c1-13-9-14(2)11-15(10-13)17(12-19)18-16-7-5-3-4-6-8-16/h9-11,16-19H,3-8,12H2,1-2H3. The van der Waals surface area contributed by atoms with E-state index in [1.807, 2.05) is 0 Å². The molecule has 2 nitrogen and oxygen atoms in total. The fourth-order valence-corrected chi connectivity index (χ4v) is 3.20. The molecule has 1 saturated carbocycles. The van der Waals surface area contributed by atoms with Crippen molar-refractivity contribution >= 4 is 0 Å². The monoisotopic (exact) mass is 261 g/mol. The van der Waals surface area contributed by atoms with Gasteiger partial charge in [0.25, 0.3) is 0 Å². The number of aliphatic hydroxyl groups excluding tert-OH is 1. The SMILES string of the molecule is Cc1cc(C)cc(C(CO)NC2CCCCCC2)c1. The Morgan fingerprint density at radius 1 is 1.05 bits per heavy atom. The zero-order valence-electron chi connectivity index (χ0n) is 12.3. The molecular weight excluding hydrogens is 234 g/mol. The molecule has 0 radical (unpaired) electrons. The Balaban J connectivity index is 2.05. The summed E-state index contributed by atoms with van der Waals surface area (Å²) in [5.74, 6) is 0. The summed E-state index contributed by atoms with van der Waals surface area (Å²) in [7, 11) is 0. The van der Waals surface area contributed by atoms with Gasteiger partial charge in [-0.3, -0.25) is 0 Å². The van der Waals surface area contributed by atoms with Crippen LogP contribution in [0.15, 0.2) is 18.2 Å². The van der Waals surface area contributed by atoms with Gasteiger partial charge in [-0.2, -0.15) is 0 Å². The molecule has 1 fully saturated rings. The lowest BCUT2D eigenvalue weighted by atomic mass is 9.99. The molecule has 1 aromatic rings. The summed E-state index contributed by atoms with van der Waals surface area (Å²) in [6.07, 6.45) is 7.88. The Labute approximate surface area is 117 Å². The van der Waals surface area contributed by atoms with Crippen LogP contribution in [0.1, 0.15) is 61.3 Å². The first-order chi connectivity index (χ1) is 9.19. The molecule has 0 aromatic heterocycles. The van der Waals surface area contributed by atoms with Gasteiger partial charge in [0.05, 0.1) is 12.6 Å². The van der Waals surface area contributed by atoms with Gasteiger partial charge in [-0.15, -0.1) is 0 Å². The molecule has 2 rings (SSSR count). The van der Waals surface area contributed by atoms with Gasteiger partial charge in [-0.25, -0.2) is 0 Å². The molecule has 19 heavy (non-hydrogen) atoms. The van der Waals surface area contributed by atoms with E-state index in [4.69, 9.17) is 0 Å². The highest BCUT2D eigenvalue weighted by atomic mass is 16.3. The summed E-state index contributed by atoms with van der Waals surface area (Å²) in [5, 5.41) is 13.4. The maximum atomic E-state index is 9.70. The minimum Gasteiger partial charge on any atom is -0.394 e. The molecule has 106 valence electrons. The van der Waals surface area contributed by atoms with E-state index in [9.17, 15) is 5.11 Å². The van der Waals surface area contributed by atoms with E-state index in [0.29, 0.717) is 6.04 Å². The maximum Gasteiger partial charge on any atom is 0.0626 e. The number of nitrogens with one attached hydrogen (secondary N) is 1. The van der Waals surface area contributed by atoms with Crippen molar-refractivity contribution in [2.75, 3.05) is 6.61 Å². The molecular formula is C17H27NO. The normalized spacial score (nSPS) is 19.1. The van der Waals surface area contributed by atoms with Crippen LogP contribution in [0.3, 0.4) is 0 Å². The number of benzene rings is 1. The second-order valence-corrected chi connectivity index (χ2v) is 6.01. The van der Waals surface area contributed by atoms with E-state index in [2.05, 4.69) is 37.4 Å². The quantitative estimate of drug-likeness (QED) is 0.811. The Morgan fingerprint density at radius 3 is 2.16 bits per heavy atom. The van der Waals surface area contributed by atoms with Crippen LogP contribution in [0.5, 0.6) is 0 Å². The van der Waals surface area contributed by atoms with Crippen LogP contribution < -0.4 is 5.32 Å². The molecule has 1 aliphatic rings. The van der Waals surface area contributed by atoms with Crippen LogP contribution in [0.2, 0.25) is 0 Å². The summed E-state index contributed by atoms with van der Waals surface area (Å²) in [6, 6.07) is 7.22. The number of hydrogen-bond acceptors (Lipinski definition) is 2. The minimum absolute atomic E-state index is 0.0849. The Hall–Kier alpha value is -0.860. The Kier molecular flexibility index (Phi) is 5.41. The highest BCUT2D eigenvalue weighted by Crippen LogP contribution is 2.22. The van der Waals surface area contributed by atoms with E-state index in [0.717, 1.165) is 0 Å². The molecule has 1 aliphatic carbocycles. The van der Waals surface area contributed by atoms with E-state index in [1.54, 1.807) is 0 Å². The van der Waals surface area contributed by atoms with Gasteiger partial charge >= 0.3 is 0 Å². The van der Waals surface area contributed by atoms with Crippen molar-refractivity contribution in [3.05, 3.63) is 34.9 Å². The summed E-state index contributed by atoms with van der Waals surface area (Å²) in [5.41, 5.74) is 3.77. The average Bonchev–Trinajstić information content (AvgIpc) is 2.63.